The zero-order valence-electron chi connectivity index (χ0n) is 11.5. The van der Waals surface area contributed by atoms with Crippen LogP contribution in [0.4, 0.5) is 4.79 Å². The van der Waals surface area contributed by atoms with Gasteiger partial charge in [0.2, 0.25) is 0 Å². The van der Waals surface area contributed by atoms with E-state index in [4.69, 9.17) is 5.11 Å². The maximum absolute atomic E-state index is 11.9. The lowest BCUT2D eigenvalue weighted by Gasteiger charge is -2.19. The second-order valence-electron chi connectivity index (χ2n) is 5.40. The van der Waals surface area contributed by atoms with E-state index < -0.39 is 5.97 Å². The predicted molar refractivity (Wildman–Crippen MR) is 77.9 cm³/mol. The molecule has 2 atom stereocenters. The molecule has 2 amide bonds. The lowest BCUT2D eigenvalue weighted by Crippen LogP contribution is -2.47. The van der Waals surface area contributed by atoms with Gasteiger partial charge in [-0.2, -0.15) is 11.3 Å². The zero-order valence-corrected chi connectivity index (χ0v) is 12.3. The third-order valence-corrected chi connectivity index (χ3v) is 4.13. The summed E-state index contributed by atoms with van der Waals surface area (Å²) in [5.74, 6) is -0.544. The van der Waals surface area contributed by atoms with Crippen molar-refractivity contribution in [2.24, 2.45) is 5.92 Å². The third kappa shape index (κ3) is 4.85. The SMILES string of the molecule is CC(Cc1ccsc1)NC(=O)NC(CC(=O)O)C1CC1. The van der Waals surface area contributed by atoms with Crippen LogP contribution in [-0.2, 0) is 11.2 Å². The van der Waals surface area contributed by atoms with E-state index in [0.29, 0.717) is 5.92 Å². The highest BCUT2D eigenvalue weighted by Crippen LogP contribution is 2.33. The standard InChI is InChI=1S/C14H20N2O3S/c1-9(6-10-4-5-20-8-10)15-14(19)16-12(7-13(17)18)11-2-3-11/h4-5,8-9,11-12H,2-3,6-7H2,1H3,(H,17,18)(H2,15,16,19). The Morgan fingerprint density at radius 2 is 2.20 bits per heavy atom. The molecule has 20 heavy (non-hydrogen) atoms. The molecule has 0 saturated heterocycles. The molecule has 5 nitrogen and oxygen atoms in total. The number of carboxylic acid groups (broad SMARTS) is 1. The maximum atomic E-state index is 11.9. The largest absolute Gasteiger partial charge is 0.481 e. The molecule has 2 unspecified atom stereocenters. The number of carboxylic acids is 1. The minimum absolute atomic E-state index is 0.00298. The minimum atomic E-state index is -0.867. The number of carbonyl (C=O) groups excluding carboxylic acids is 1. The van der Waals surface area contributed by atoms with Crippen LogP contribution in [0.1, 0.15) is 31.7 Å². The van der Waals surface area contributed by atoms with Crippen molar-refractivity contribution in [3.05, 3.63) is 22.4 Å². The number of urea groups is 1. The Labute approximate surface area is 122 Å². The molecule has 1 aromatic heterocycles. The molecule has 2 rings (SSSR count). The fourth-order valence-corrected chi connectivity index (χ4v) is 2.95. The van der Waals surface area contributed by atoms with E-state index in [1.807, 2.05) is 18.4 Å². The number of nitrogens with one attached hydrogen (secondary N) is 2. The van der Waals surface area contributed by atoms with Gasteiger partial charge < -0.3 is 15.7 Å². The van der Waals surface area contributed by atoms with Crippen LogP contribution in [0.15, 0.2) is 16.8 Å². The van der Waals surface area contributed by atoms with Crippen LogP contribution in [-0.4, -0.2) is 29.2 Å². The molecular formula is C14H20N2O3S. The van der Waals surface area contributed by atoms with Crippen LogP contribution >= 0.6 is 11.3 Å². The van der Waals surface area contributed by atoms with E-state index in [9.17, 15) is 9.59 Å². The van der Waals surface area contributed by atoms with Gasteiger partial charge in [0.05, 0.1) is 6.42 Å². The van der Waals surface area contributed by atoms with Crippen LogP contribution in [0.25, 0.3) is 0 Å². The summed E-state index contributed by atoms with van der Waals surface area (Å²) in [4.78, 5) is 22.7. The van der Waals surface area contributed by atoms with Crippen molar-refractivity contribution in [1.82, 2.24) is 10.6 Å². The highest BCUT2D eigenvalue weighted by Gasteiger charge is 2.33. The Balaban J connectivity index is 1.76. The van der Waals surface area contributed by atoms with Crippen molar-refractivity contribution in [2.45, 2.75) is 44.7 Å². The number of rotatable bonds is 7. The molecule has 0 aromatic carbocycles. The van der Waals surface area contributed by atoms with Crippen LogP contribution in [0.5, 0.6) is 0 Å². The average molecular weight is 296 g/mol. The highest BCUT2D eigenvalue weighted by atomic mass is 32.1. The summed E-state index contributed by atoms with van der Waals surface area (Å²) < 4.78 is 0. The van der Waals surface area contributed by atoms with E-state index in [1.165, 1.54) is 5.56 Å². The fraction of sp³-hybridized carbons (Fsp3) is 0.571. The van der Waals surface area contributed by atoms with E-state index in [1.54, 1.807) is 11.3 Å². The molecule has 0 aliphatic heterocycles. The molecule has 1 saturated carbocycles. The normalized spacial score (nSPS) is 17.2. The first-order valence-electron chi connectivity index (χ1n) is 6.84. The number of hydrogen-bond acceptors (Lipinski definition) is 3. The first-order chi connectivity index (χ1) is 9.54. The Kier molecular flexibility index (Phi) is 5.00. The summed E-state index contributed by atoms with van der Waals surface area (Å²) in [7, 11) is 0. The Bertz CT molecular complexity index is 457. The quantitative estimate of drug-likeness (QED) is 0.722. The molecule has 0 radical (unpaired) electrons. The molecule has 0 spiro atoms. The summed E-state index contributed by atoms with van der Waals surface area (Å²) in [6, 6.07) is 1.54. The van der Waals surface area contributed by atoms with Gasteiger partial charge in [0, 0.05) is 12.1 Å². The number of aliphatic carboxylic acids is 1. The second kappa shape index (κ2) is 6.74. The van der Waals surface area contributed by atoms with Crippen molar-refractivity contribution >= 4 is 23.3 Å². The first kappa shape index (κ1) is 14.8. The smallest absolute Gasteiger partial charge is 0.315 e. The van der Waals surface area contributed by atoms with Crippen molar-refractivity contribution in [1.29, 1.82) is 0 Å². The van der Waals surface area contributed by atoms with Gasteiger partial charge in [-0.05, 0) is 54.5 Å². The molecule has 3 N–H and O–H groups in total. The number of carbonyl (C=O) groups is 2. The molecule has 110 valence electrons. The third-order valence-electron chi connectivity index (χ3n) is 3.40. The van der Waals surface area contributed by atoms with E-state index >= 15 is 0 Å². The van der Waals surface area contributed by atoms with E-state index in [-0.39, 0.29) is 24.5 Å². The summed E-state index contributed by atoms with van der Waals surface area (Å²) in [5.41, 5.74) is 1.20. The lowest BCUT2D eigenvalue weighted by molar-refractivity contribution is -0.137. The molecule has 6 heteroatoms. The van der Waals surface area contributed by atoms with Gasteiger partial charge in [-0.25, -0.2) is 4.79 Å². The predicted octanol–water partition coefficient (Wildman–Crippen LogP) is 2.23. The molecule has 0 bridgehead atoms. The van der Waals surface area contributed by atoms with E-state index in [0.717, 1.165) is 19.3 Å². The van der Waals surface area contributed by atoms with Gasteiger partial charge in [0.25, 0.3) is 0 Å². The summed E-state index contributed by atoms with van der Waals surface area (Å²) in [6.07, 6.45) is 2.78. The molecule has 1 heterocycles. The monoisotopic (exact) mass is 296 g/mol. The van der Waals surface area contributed by atoms with Gasteiger partial charge in [0.1, 0.15) is 0 Å². The van der Waals surface area contributed by atoms with Crippen LogP contribution < -0.4 is 10.6 Å². The zero-order chi connectivity index (χ0) is 14.5. The van der Waals surface area contributed by atoms with E-state index in [2.05, 4.69) is 16.0 Å². The van der Waals surface area contributed by atoms with Crippen LogP contribution in [0.2, 0.25) is 0 Å². The Hall–Kier alpha value is -1.56. The Morgan fingerprint density at radius 3 is 2.75 bits per heavy atom. The second-order valence-corrected chi connectivity index (χ2v) is 6.18. The number of thiophene rings is 1. The summed E-state index contributed by atoms with van der Waals surface area (Å²) >= 11 is 1.64. The maximum Gasteiger partial charge on any atom is 0.315 e. The van der Waals surface area contributed by atoms with Gasteiger partial charge in [0.15, 0.2) is 0 Å². The number of hydrogen-bond donors (Lipinski definition) is 3. The summed E-state index contributed by atoms with van der Waals surface area (Å²) in [5, 5.41) is 18.6. The molecule has 1 aliphatic carbocycles. The molecular weight excluding hydrogens is 276 g/mol. The van der Waals surface area contributed by atoms with Gasteiger partial charge in [-0.15, -0.1) is 0 Å². The fourth-order valence-electron chi connectivity index (χ4n) is 2.27. The molecule has 1 fully saturated rings. The van der Waals surface area contributed by atoms with Crippen molar-refractivity contribution in [3.8, 4) is 0 Å². The Morgan fingerprint density at radius 1 is 1.45 bits per heavy atom. The minimum Gasteiger partial charge on any atom is -0.481 e. The van der Waals surface area contributed by atoms with Gasteiger partial charge >= 0.3 is 12.0 Å². The lowest BCUT2D eigenvalue weighted by atomic mass is 10.1. The number of amides is 2. The summed E-state index contributed by atoms with van der Waals surface area (Å²) in [6.45, 7) is 1.95. The average Bonchev–Trinajstić information content (AvgIpc) is 3.07. The van der Waals surface area contributed by atoms with Crippen LogP contribution in [0, 0.1) is 5.92 Å². The van der Waals surface area contributed by atoms with Gasteiger partial charge in [-0.3, -0.25) is 4.79 Å². The topological polar surface area (TPSA) is 78.4 Å². The first-order valence-corrected chi connectivity index (χ1v) is 7.78. The highest BCUT2D eigenvalue weighted by molar-refractivity contribution is 7.07. The van der Waals surface area contributed by atoms with Gasteiger partial charge in [-0.1, -0.05) is 0 Å². The molecule has 1 aliphatic rings. The van der Waals surface area contributed by atoms with Crippen molar-refractivity contribution < 1.29 is 14.7 Å². The van der Waals surface area contributed by atoms with Crippen molar-refractivity contribution in [2.75, 3.05) is 0 Å². The molecule has 1 aromatic rings. The van der Waals surface area contributed by atoms with Crippen LogP contribution in [0.3, 0.4) is 0 Å². The van der Waals surface area contributed by atoms with Crippen molar-refractivity contribution in [3.63, 3.8) is 0 Å².